The number of rotatable bonds is 3. The third kappa shape index (κ3) is 3.54. The summed E-state index contributed by atoms with van der Waals surface area (Å²) in [6.45, 7) is 4.46. The van der Waals surface area contributed by atoms with Gasteiger partial charge in [0.1, 0.15) is 0 Å². The smallest absolute Gasteiger partial charge is 0.315 e. The quantitative estimate of drug-likeness (QED) is 0.634. The maximum atomic E-state index is 11.3. The summed E-state index contributed by atoms with van der Waals surface area (Å²) < 4.78 is 0. The SMILES string of the molecule is CC(C)NC(=O)NCC1(N)CCCC1. The molecule has 0 atom stereocenters. The molecule has 0 saturated heterocycles. The highest BCUT2D eigenvalue weighted by atomic mass is 16.2. The van der Waals surface area contributed by atoms with E-state index < -0.39 is 0 Å². The highest BCUT2D eigenvalue weighted by Gasteiger charge is 2.29. The standard InChI is InChI=1S/C10H21N3O/c1-8(2)13-9(14)12-7-10(11)5-3-4-6-10/h8H,3-7,11H2,1-2H3,(H2,12,13,14). The van der Waals surface area contributed by atoms with Crippen molar-refractivity contribution in [2.75, 3.05) is 6.54 Å². The van der Waals surface area contributed by atoms with Crippen molar-refractivity contribution in [3.05, 3.63) is 0 Å². The molecule has 0 aromatic heterocycles. The monoisotopic (exact) mass is 199 g/mol. The first-order valence-corrected chi connectivity index (χ1v) is 5.35. The van der Waals surface area contributed by atoms with Gasteiger partial charge in [-0.1, -0.05) is 12.8 Å². The molecule has 4 heteroatoms. The molecule has 1 fully saturated rings. The number of nitrogens with one attached hydrogen (secondary N) is 2. The van der Waals surface area contributed by atoms with Crippen molar-refractivity contribution >= 4 is 6.03 Å². The van der Waals surface area contributed by atoms with Gasteiger partial charge >= 0.3 is 6.03 Å². The largest absolute Gasteiger partial charge is 0.336 e. The molecule has 0 spiro atoms. The molecule has 0 heterocycles. The zero-order valence-corrected chi connectivity index (χ0v) is 9.10. The summed E-state index contributed by atoms with van der Waals surface area (Å²) in [5.41, 5.74) is 5.94. The first-order chi connectivity index (χ1) is 6.52. The van der Waals surface area contributed by atoms with Crippen molar-refractivity contribution in [1.82, 2.24) is 10.6 Å². The van der Waals surface area contributed by atoms with E-state index in [-0.39, 0.29) is 17.6 Å². The van der Waals surface area contributed by atoms with Crippen LogP contribution < -0.4 is 16.4 Å². The summed E-state index contributed by atoms with van der Waals surface area (Å²) in [5, 5.41) is 5.60. The van der Waals surface area contributed by atoms with Crippen molar-refractivity contribution in [3.63, 3.8) is 0 Å². The fraction of sp³-hybridized carbons (Fsp3) is 0.900. The number of hydrogen-bond donors (Lipinski definition) is 3. The molecule has 4 nitrogen and oxygen atoms in total. The Kier molecular flexibility index (Phi) is 3.75. The lowest BCUT2D eigenvalue weighted by molar-refractivity contribution is 0.235. The lowest BCUT2D eigenvalue weighted by Gasteiger charge is -2.24. The predicted octanol–water partition coefficient (Wildman–Crippen LogP) is 0.965. The Morgan fingerprint density at radius 1 is 1.43 bits per heavy atom. The molecule has 0 bridgehead atoms. The van der Waals surface area contributed by atoms with Crippen LogP contribution in [0.2, 0.25) is 0 Å². The van der Waals surface area contributed by atoms with Gasteiger partial charge in [-0.15, -0.1) is 0 Å². The van der Waals surface area contributed by atoms with Gasteiger partial charge in [0.2, 0.25) is 0 Å². The van der Waals surface area contributed by atoms with Crippen LogP contribution in [0.5, 0.6) is 0 Å². The van der Waals surface area contributed by atoms with E-state index in [1.165, 1.54) is 12.8 Å². The number of carbonyl (C=O) groups is 1. The van der Waals surface area contributed by atoms with Crippen molar-refractivity contribution in [2.45, 2.75) is 51.1 Å². The Labute approximate surface area is 85.6 Å². The molecule has 0 unspecified atom stereocenters. The highest BCUT2D eigenvalue weighted by Crippen LogP contribution is 2.26. The number of urea groups is 1. The lowest BCUT2D eigenvalue weighted by Crippen LogP contribution is -2.51. The lowest BCUT2D eigenvalue weighted by atomic mass is 10.00. The maximum absolute atomic E-state index is 11.3. The van der Waals surface area contributed by atoms with Crippen LogP contribution in [0.3, 0.4) is 0 Å². The van der Waals surface area contributed by atoms with Crippen LogP contribution in [0, 0.1) is 0 Å². The van der Waals surface area contributed by atoms with E-state index in [0.717, 1.165) is 12.8 Å². The molecule has 0 aromatic rings. The highest BCUT2D eigenvalue weighted by molar-refractivity contribution is 5.74. The summed E-state index contributed by atoms with van der Waals surface area (Å²) in [5.74, 6) is 0. The van der Waals surface area contributed by atoms with E-state index in [1.54, 1.807) is 0 Å². The normalized spacial score (nSPS) is 19.7. The minimum absolute atomic E-state index is 0.114. The van der Waals surface area contributed by atoms with Gasteiger partial charge in [0.25, 0.3) is 0 Å². The minimum Gasteiger partial charge on any atom is -0.336 e. The average molecular weight is 199 g/mol. The van der Waals surface area contributed by atoms with Gasteiger partial charge in [0.15, 0.2) is 0 Å². The van der Waals surface area contributed by atoms with Crippen LogP contribution in [-0.2, 0) is 0 Å². The molecule has 0 aliphatic heterocycles. The van der Waals surface area contributed by atoms with E-state index in [4.69, 9.17) is 5.73 Å². The molecule has 2 amide bonds. The van der Waals surface area contributed by atoms with Gasteiger partial charge < -0.3 is 16.4 Å². The molecular weight excluding hydrogens is 178 g/mol. The molecule has 4 N–H and O–H groups in total. The van der Waals surface area contributed by atoms with Gasteiger partial charge in [-0.2, -0.15) is 0 Å². The number of carbonyl (C=O) groups excluding carboxylic acids is 1. The van der Waals surface area contributed by atoms with Crippen molar-refractivity contribution in [3.8, 4) is 0 Å². The molecule has 1 rings (SSSR count). The van der Waals surface area contributed by atoms with E-state index in [1.807, 2.05) is 13.8 Å². The van der Waals surface area contributed by atoms with E-state index in [9.17, 15) is 4.79 Å². The summed E-state index contributed by atoms with van der Waals surface area (Å²) in [7, 11) is 0. The molecule has 82 valence electrons. The Morgan fingerprint density at radius 3 is 2.50 bits per heavy atom. The van der Waals surface area contributed by atoms with Gasteiger partial charge in [0, 0.05) is 18.1 Å². The van der Waals surface area contributed by atoms with Crippen LogP contribution >= 0.6 is 0 Å². The average Bonchev–Trinajstić information content (AvgIpc) is 2.49. The van der Waals surface area contributed by atoms with Crippen LogP contribution in [-0.4, -0.2) is 24.2 Å². The molecule has 14 heavy (non-hydrogen) atoms. The minimum atomic E-state index is -0.158. The Bertz CT molecular complexity index is 198. The summed E-state index contributed by atoms with van der Waals surface area (Å²) in [6, 6.07) is 0.0593. The second-order valence-corrected chi connectivity index (χ2v) is 4.55. The van der Waals surface area contributed by atoms with E-state index >= 15 is 0 Å². The summed E-state index contributed by atoms with van der Waals surface area (Å²) in [4.78, 5) is 11.3. The number of nitrogens with two attached hydrogens (primary N) is 1. The summed E-state index contributed by atoms with van der Waals surface area (Å²) in [6.07, 6.45) is 4.41. The fourth-order valence-electron chi connectivity index (χ4n) is 1.83. The zero-order valence-electron chi connectivity index (χ0n) is 9.10. The first kappa shape index (κ1) is 11.3. The zero-order chi connectivity index (χ0) is 10.6. The van der Waals surface area contributed by atoms with E-state index in [0.29, 0.717) is 6.54 Å². The van der Waals surface area contributed by atoms with E-state index in [2.05, 4.69) is 10.6 Å². The fourth-order valence-corrected chi connectivity index (χ4v) is 1.83. The van der Waals surface area contributed by atoms with Gasteiger partial charge in [0.05, 0.1) is 0 Å². The van der Waals surface area contributed by atoms with Gasteiger partial charge in [-0.25, -0.2) is 4.79 Å². The third-order valence-corrected chi connectivity index (χ3v) is 2.62. The maximum Gasteiger partial charge on any atom is 0.315 e. The molecule has 0 aromatic carbocycles. The summed E-state index contributed by atoms with van der Waals surface area (Å²) >= 11 is 0. The van der Waals surface area contributed by atoms with Gasteiger partial charge in [-0.3, -0.25) is 0 Å². The van der Waals surface area contributed by atoms with Crippen molar-refractivity contribution in [2.24, 2.45) is 5.73 Å². The Balaban J connectivity index is 2.22. The molecule has 0 radical (unpaired) electrons. The van der Waals surface area contributed by atoms with Crippen molar-refractivity contribution in [1.29, 1.82) is 0 Å². The van der Waals surface area contributed by atoms with Gasteiger partial charge in [-0.05, 0) is 26.7 Å². The predicted molar refractivity (Wildman–Crippen MR) is 57.1 cm³/mol. The van der Waals surface area contributed by atoms with Crippen LogP contribution in [0.4, 0.5) is 4.79 Å². The second-order valence-electron chi connectivity index (χ2n) is 4.55. The van der Waals surface area contributed by atoms with Crippen LogP contribution in [0.15, 0.2) is 0 Å². The number of hydrogen-bond acceptors (Lipinski definition) is 2. The molecule has 1 aliphatic rings. The second kappa shape index (κ2) is 4.64. The Hall–Kier alpha value is -0.770. The topological polar surface area (TPSA) is 67.2 Å². The Morgan fingerprint density at radius 2 is 2.00 bits per heavy atom. The van der Waals surface area contributed by atoms with Crippen LogP contribution in [0.1, 0.15) is 39.5 Å². The van der Waals surface area contributed by atoms with Crippen LogP contribution in [0.25, 0.3) is 0 Å². The third-order valence-electron chi connectivity index (χ3n) is 2.62. The number of amides is 2. The molecular formula is C10H21N3O. The van der Waals surface area contributed by atoms with Crippen molar-refractivity contribution < 1.29 is 4.79 Å². The first-order valence-electron chi connectivity index (χ1n) is 5.35. The molecule has 1 saturated carbocycles. The molecule has 1 aliphatic carbocycles.